The van der Waals surface area contributed by atoms with Gasteiger partial charge in [0, 0.05) is 18.1 Å². The van der Waals surface area contributed by atoms with Gasteiger partial charge in [-0.15, -0.1) is 0 Å². The van der Waals surface area contributed by atoms with Crippen molar-refractivity contribution < 1.29 is 8.42 Å². The van der Waals surface area contributed by atoms with Crippen molar-refractivity contribution in [2.24, 2.45) is 5.92 Å². The minimum Gasteiger partial charge on any atom is -0.354 e. The number of hydrogen-bond acceptors (Lipinski definition) is 5. The Bertz CT molecular complexity index is 1090. The SMILES string of the molecule is CC1CCN(c2nc3ccccc3nc2S(=O)(=O)Cc2ccc(Cl)cc2)CC1. The number of fused-ring (bicyclic) bond motifs is 1. The summed E-state index contributed by atoms with van der Waals surface area (Å²) in [6.45, 7) is 3.80. The molecule has 1 aromatic heterocycles. The van der Waals surface area contributed by atoms with Crippen molar-refractivity contribution in [1.82, 2.24) is 9.97 Å². The topological polar surface area (TPSA) is 63.2 Å². The number of halogens is 1. The van der Waals surface area contributed by atoms with Gasteiger partial charge < -0.3 is 4.90 Å². The molecule has 0 N–H and O–H groups in total. The Morgan fingerprint density at radius 2 is 1.61 bits per heavy atom. The van der Waals surface area contributed by atoms with Crippen LogP contribution < -0.4 is 4.90 Å². The maximum atomic E-state index is 13.3. The Morgan fingerprint density at radius 3 is 2.25 bits per heavy atom. The first-order chi connectivity index (χ1) is 13.4. The van der Waals surface area contributed by atoms with E-state index in [2.05, 4.69) is 16.8 Å². The zero-order chi connectivity index (χ0) is 19.7. The molecule has 0 saturated carbocycles. The Hall–Kier alpha value is -2.18. The largest absolute Gasteiger partial charge is 0.354 e. The lowest BCUT2D eigenvalue weighted by molar-refractivity contribution is 0.434. The highest BCUT2D eigenvalue weighted by Gasteiger charge is 2.28. The summed E-state index contributed by atoms with van der Waals surface area (Å²) in [6, 6.07) is 14.3. The molecule has 7 heteroatoms. The maximum absolute atomic E-state index is 13.3. The van der Waals surface area contributed by atoms with E-state index in [1.165, 1.54) is 0 Å². The molecule has 0 amide bonds. The van der Waals surface area contributed by atoms with Gasteiger partial charge in [-0.3, -0.25) is 0 Å². The second-order valence-corrected chi connectivity index (χ2v) is 9.74. The molecule has 0 radical (unpaired) electrons. The Morgan fingerprint density at radius 1 is 1.00 bits per heavy atom. The summed E-state index contributed by atoms with van der Waals surface area (Å²) in [5.74, 6) is 0.979. The first-order valence-corrected chi connectivity index (χ1v) is 11.4. The van der Waals surface area contributed by atoms with Gasteiger partial charge in [-0.1, -0.05) is 42.8 Å². The first kappa shape index (κ1) is 19.2. The molecule has 0 unspecified atom stereocenters. The van der Waals surface area contributed by atoms with Crippen molar-refractivity contribution in [3.05, 3.63) is 59.1 Å². The first-order valence-electron chi connectivity index (χ1n) is 9.41. The van der Waals surface area contributed by atoms with Crippen molar-refractivity contribution in [2.45, 2.75) is 30.5 Å². The lowest BCUT2D eigenvalue weighted by Crippen LogP contribution is -2.34. The predicted molar refractivity (Wildman–Crippen MR) is 112 cm³/mol. The zero-order valence-electron chi connectivity index (χ0n) is 15.7. The lowest BCUT2D eigenvalue weighted by Gasteiger charge is -2.32. The Balaban J connectivity index is 1.79. The molecular formula is C21H22ClN3O2S. The maximum Gasteiger partial charge on any atom is 0.203 e. The molecule has 1 fully saturated rings. The molecule has 1 aliphatic rings. The predicted octanol–water partition coefficient (Wildman–Crippen LogP) is 4.49. The molecule has 146 valence electrons. The van der Waals surface area contributed by atoms with Crippen LogP contribution in [0.15, 0.2) is 53.6 Å². The molecule has 0 bridgehead atoms. The van der Waals surface area contributed by atoms with Crippen LogP contribution in [0.25, 0.3) is 11.0 Å². The van der Waals surface area contributed by atoms with Crippen molar-refractivity contribution in [3.63, 3.8) is 0 Å². The van der Waals surface area contributed by atoms with Gasteiger partial charge >= 0.3 is 0 Å². The van der Waals surface area contributed by atoms with E-state index < -0.39 is 9.84 Å². The number of anilines is 1. The van der Waals surface area contributed by atoms with Gasteiger partial charge in [0.2, 0.25) is 9.84 Å². The van der Waals surface area contributed by atoms with Gasteiger partial charge in [0.1, 0.15) is 0 Å². The van der Waals surface area contributed by atoms with Gasteiger partial charge in [-0.25, -0.2) is 18.4 Å². The van der Waals surface area contributed by atoms with Gasteiger partial charge in [0.05, 0.1) is 16.8 Å². The van der Waals surface area contributed by atoms with Gasteiger partial charge in [-0.05, 0) is 48.6 Å². The molecule has 3 aromatic rings. The third-order valence-corrected chi connectivity index (χ3v) is 7.00. The monoisotopic (exact) mass is 415 g/mol. The highest BCUT2D eigenvalue weighted by atomic mass is 35.5. The van der Waals surface area contributed by atoms with Gasteiger partial charge in [-0.2, -0.15) is 0 Å². The van der Waals surface area contributed by atoms with E-state index in [4.69, 9.17) is 16.6 Å². The number of piperidine rings is 1. The molecule has 28 heavy (non-hydrogen) atoms. The quantitative estimate of drug-likeness (QED) is 0.628. The fourth-order valence-corrected chi connectivity index (χ4v) is 5.06. The highest BCUT2D eigenvalue weighted by molar-refractivity contribution is 7.90. The molecule has 1 aliphatic heterocycles. The number of sulfone groups is 1. The average molecular weight is 416 g/mol. The molecule has 4 rings (SSSR count). The smallest absolute Gasteiger partial charge is 0.203 e. The van der Waals surface area contributed by atoms with E-state index in [0.29, 0.717) is 33.4 Å². The molecule has 1 saturated heterocycles. The summed E-state index contributed by atoms with van der Waals surface area (Å²) in [5, 5.41) is 0.644. The Labute approximate surface area is 170 Å². The van der Waals surface area contributed by atoms with Crippen molar-refractivity contribution in [1.29, 1.82) is 0 Å². The zero-order valence-corrected chi connectivity index (χ0v) is 17.2. The van der Waals surface area contributed by atoms with Gasteiger partial charge in [0.25, 0.3) is 0 Å². The number of para-hydroxylation sites is 2. The molecule has 0 aliphatic carbocycles. The van der Waals surface area contributed by atoms with Crippen LogP contribution in [0.1, 0.15) is 25.3 Å². The number of rotatable bonds is 4. The summed E-state index contributed by atoms with van der Waals surface area (Å²) in [5.41, 5.74) is 1.98. The minimum atomic E-state index is -3.67. The summed E-state index contributed by atoms with van der Waals surface area (Å²) >= 11 is 5.93. The van der Waals surface area contributed by atoms with Crippen molar-refractivity contribution in [3.8, 4) is 0 Å². The van der Waals surface area contributed by atoms with Crippen LogP contribution in [0.2, 0.25) is 5.02 Å². The van der Waals surface area contributed by atoms with Crippen LogP contribution in [-0.2, 0) is 15.6 Å². The second kappa shape index (κ2) is 7.68. The standard InChI is InChI=1S/C21H22ClN3O2S/c1-15-10-12-25(13-11-15)20-21(24-19-5-3-2-4-18(19)23-20)28(26,27)14-16-6-8-17(22)9-7-16/h2-9,15H,10-14H2,1H3. The molecule has 0 spiro atoms. The van der Waals surface area contributed by atoms with Crippen LogP contribution in [0.4, 0.5) is 5.82 Å². The summed E-state index contributed by atoms with van der Waals surface area (Å²) in [4.78, 5) is 11.3. The average Bonchev–Trinajstić information content (AvgIpc) is 2.69. The molecule has 2 heterocycles. The van der Waals surface area contributed by atoms with E-state index in [0.717, 1.165) is 25.9 Å². The second-order valence-electron chi connectivity index (χ2n) is 7.40. The van der Waals surface area contributed by atoms with E-state index >= 15 is 0 Å². The lowest BCUT2D eigenvalue weighted by atomic mass is 9.99. The third-order valence-electron chi connectivity index (χ3n) is 5.17. The summed E-state index contributed by atoms with van der Waals surface area (Å²) in [7, 11) is -3.67. The van der Waals surface area contributed by atoms with Crippen molar-refractivity contribution in [2.75, 3.05) is 18.0 Å². The third kappa shape index (κ3) is 3.98. The van der Waals surface area contributed by atoms with E-state index in [9.17, 15) is 8.42 Å². The van der Waals surface area contributed by atoms with Crippen LogP contribution >= 0.6 is 11.6 Å². The molecule has 2 aromatic carbocycles. The van der Waals surface area contributed by atoms with Crippen LogP contribution in [0.3, 0.4) is 0 Å². The number of nitrogens with zero attached hydrogens (tertiary/aromatic N) is 3. The van der Waals surface area contributed by atoms with Crippen molar-refractivity contribution >= 4 is 38.3 Å². The number of aromatic nitrogens is 2. The van der Waals surface area contributed by atoms with Gasteiger partial charge in [0.15, 0.2) is 10.8 Å². The van der Waals surface area contributed by atoms with Crippen LogP contribution in [-0.4, -0.2) is 31.5 Å². The van der Waals surface area contributed by atoms with Crippen LogP contribution in [0.5, 0.6) is 0 Å². The fraction of sp³-hybridized carbons (Fsp3) is 0.333. The van der Waals surface area contributed by atoms with E-state index in [1.807, 2.05) is 18.2 Å². The molecular weight excluding hydrogens is 394 g/mol. The Kier molecular flexibility index (Phi) is 5.25. The molecule has 0 atom stereocenters. The van der Waals surface area contributed by atoms with E-state index in [1.54, 1.807) is 30.3 Å². The minimum absolute atomic E-state index is 0.0655. The highest BCUT2D eigenvalue weighted by Crippen LogP contribution is 2.30. The van der Waals surface area contributed by atoms with Crippen LogP contribution in [0, 0.1) is 5.92 Å². The normalized spacial score (nSPS) is 15.9. The number of benzene rings is 2. The number of hydrogen-bond donors (Lipinski definition) is 0. The summed E-state index contributed by atoms with van der Waals surface area (Å²) < 4.78 is 26.6. The van der Waals surface area contributed by atoms with E-state index in [-0.39, 0.29) is 10.8 Å². The molecule has 5 nitrogen and oxygen atoms in total. The fourth-order valence-electron chi connectivity index (χ4n) is 3.48. The summed E-state index contributed by atoms with van der Waals surface area (Å²) in [6.07, 6.45) is 2.04.